The van der Waals surface area contributed by atoms with Gasteiger partial charge in [-0.1, -0.05) is 30.7 Å². The van der Waals surface area contributed by atoms with Crippen LogP contribution in [-0.4, -0.2) is 41.3 Å². The molecule has 2 fully saturated rings. The summed E-state index contributed by atoms with van der Waals surface area (Å²) in [6.07, 6.45) is 6.42. The minimum Gasteiger partial charge on any atom is -0.388 e. The predicted molar refractivity (Wildman–Crippen MR) is 82.2 cm³/mol. The molecule has 3 aliphatic heterocycles. The monoisotopic (exact) mass is 287 g/mol. The van der Waals surface area contributed by atoms with Gasteiger partial charge in [-0.3, -0.25) is 4.90 Å². The Morgan fingerprint density at radius 3 is 3.10 bits per heavy atom. The lowest BCUT2D eigenvalue weighted by Crippen LogP contribution is -2.48. The van der Waals surface area contributed by atoms with Crippen molar-refractivity contribution in [3.8, 4) is 0 Å². The number of hydrogen-bond acceptors (Lipinski definition) is 3. The van der Waals surface area contributed by atoms with Crippen LogP contribution in [0, 0.1) is 0 Å². The van der Waals surface area contributed by atoms with Crippen LogP contribution in [0.1, 0.15) is 49.3 Å². The van der Waals surface area contributed by atoms with Gasteiger partial charge in [0.2, 0.25) is 0 Å². The van der Waals surface area contributed by atoms with Gasteiger partial charge in [0.1, 0.15) is 0 Å². The minimum atomic E-state index is -0.560. The van der Waals surface area contributed by atoms with Gasteiger partial charge in [0.25, 0.3) is 0 Å². The first-order chi connectivity index (χ1) is 10.3. The van der Waals surface area contributed by atoms with Crippen molar-refractivity contribution in [1.29, 1.82) is 0 Å². The Labute approximate surface area is 126 Å². The van der Waals surface area contributed by atoms with E-state index in [0.29, 0.717) is 6.04 Å². The van der Waals surface area contributed by atoms with Gasteiger partial charge in [0, 0.05) is 19.0 Å². The lowest BCUT2D eigenvalue weighted by molar-refractivity contribution is -0.0684. The van der Waals surface area contributed by atoms with Crippen LogP contribution in [0.15, 0.2) is 24.3 Å². The Kier molecular flexibility index (Phi) is 3.52. The molecule has 3 atom stereocenters. The second-order valence-corrected chi connectivity index (χ2v) is 6.91. The Hall–Kier alpha value is -0.900. The number of rotatable bonds is 2. The normalized spacial score (nSPS) is 36.2. The van der Waals surface area contributed by atoms with E-state index in [0.717, 1.165) is 45.4 Å². The average Bonchev–Trinajstić information content (AvgIpc) is 2.86. The van der Waals surface area contributed by atoms with E-state index in [4.69, 9.17) is 4.74 Å². The molecule has 114 valence electrons. The van der Waals surface area contributed by atoms with Crippen LogP contribution in [0.2, 0.25) is 0 Å². The molecule has 2 saturated heterocycles. The Bertz CT molecular complexity index is 518. The summed E-state index contributed by atoms with van der Waals surface area (Å²) in [5, 5.41) is 11.2. The molecule has 3 nitrogen and oxygen atoms in total. The third kappa shape index (κ3) is 2.41. The molecule has 0 aromatic heterocycles. The molecule has 0 aliphatic carbocycles. The third-order valence-corrected chi connectivity index (χ3v) is 5.70. The quantitative estimate of drug-likeness (QED) is 0.908. The topological polar surface area (TPSA) is 32.7 Å². The molecule has 3 aliphatic rings. The largest absolute Gasteiger partial charge is 0.388 e. The molecule has 1 N–H and O–H groups in total. The van der Waals surface area contributed by atoms with Crippen LogP contribution < -0.4 is 0 Å². The van der Waals surface area contributed by atoms with Crippen LogP contribution in [0.4, 0.5) is 0 Å². The number of fused-ring (bicyclic) bond motifs is 2. The summed E-state index contributed by atoms with van der Waals surface area (Å²) >= 11 is 0. The highest BCUT2D eigenvalue weighted by molar-refractivity contribution is 5.31. The van der Waals surface area contributed by atoms with E-state index in [1.807, 2.05) is 0 Å². The van der Waals surface area contributed by atoms with Crippen molar-refractivity contribution in [1.82, 2.24) is 4.90 Å². The van der Waals surface area contributed by atoms with Crippen molar-refractivity contribution in [3.63, 3.8) is 0 Å². The fraction of sp³-hybridized carbons (Fsp3) is 0.667. The van der Waals surface area contributed by atoms with Crippen molar-refractivity contribution < 1.29 is 9.84 Å². The van der Waals surface area contributed by atoms with Gasteiger partial charge in [0.15, 0.2) is 0 Å². The first-order valence-electron chi connectivity index (χ1n) is 8.42. The zero-order valence-corrected chi connectivity index (χ0v) is 12.6. The Balaban J connectivity index is 1.56. The first-order valence-corrected chi connectivity index (χ1v) is 8.42. The summed E-state index contributed by atoms with van der Waals surface area (Å²) in [5.41, 5.74) is 2.14. The highest BCUT2D eigenvalue weighted by Gasteiger charge is 2.48. The average molecular weight is 287 g/mol. The van der Waals surface area contributed by atoms with Gasteiger partial charge >= 0.3 is 0 Å². The van der Waals surface area contributed by atoms with Crippen LogP contribution in [0.5, 0.6) is 0 Å². The lowest BCUT2D eigenvalue weighted by atomic mass is 9.81. The number of piperidine rings is 1. The van der Waals surface area contributed by atoms with E-state index >= 15 is 0 Å². The van der Waals surface area contributed by atoms with Crippen LogP contribution >= 0.6 is 0 Å². The Morgan fingerprint density at radius 1 is 1.24 bits per heavy atom. The highest BCUT2D eigenvalue weighted by Crippen LogP contribution is 2.42. The van der Waals surface area contributed by atoms with Gasteiger partial charge in [-0.15, -0.1) is 0 Å². The summed E-state index contributed by atoms with van der Waals surface area (Å²) in [5.74, 6) is 0. The third-order valence-electron chi connectivity index (χ3n) is 5.70. The summed E-state index contributed by atoms with van der Waals surface area (Å²) in [7, 11) is 0. The van der Waals surface area contributed by atoms with E-state index in [1.54, 1.807) is 0 Å². The summed E-state index contributed by atoms with van der Waals surface area (Å²) in [6.45, 7) is 3.00. The molecular weight excluding hydrogens is 262 g/mol. The zero-order chi connectivity index (χ0) is 14.3. The molecule has 0 radical (unpaired) electrons. The molecule has 0 bridgehead atoms. The summed E-state index contributed by atoms with van der Waals surface area (Å²) in [6, 6.07) is 8.93. The first kappa shape index (κ1) is 13.7. The van der Waals surface area contributed by atoms with Gasteiger partial charge < -0.3 is 9.84 Å². The number of nitrogens with zero attached hydrogens (tertiary/aromatic N) is 1. The van der Waals surface area contributed by atoms with Crippen LogP contribution in [-0.2, 0) is 11.2 Å². The van der Waals surface area contributed by atoms with Crippen LogP contribution in [0.3, 0.4) is 0 Å². The second kappa shape index (κ2) is 5.38. The maximum atomic E-state index is 11.2. The fourth-order valence-corrected chi connectivity index (χ4v) is 4.58. The van der Waals surface area contributed by atoms with E-state index in [1.165, 1.54) is 24.0 Å². The van der Waals surface area contributed by atoms with Crippen molar-refractivity contribution in [2.75, 3.05) is 19.7 Å². The predicted octanol–water partition coefficient (Wildman–Crippen LogP) is 2.68. The van der Waals surface area contributed by atoms with Crippen molar-refractivity contribution in [2.45, 2.75) is 56.3 Å². The maximum absolute atomic E-state index is 11.2. The molecule has 1 aromatic carbocycles. The van der Waals surface area contributed by atoms with Gasteiger partial charge in [0.05, 0.1) is 18.3 Å². The summed E-state index contributed by atoms with van der Waals surface area (Å²) < 4.78 is 6.03. The molecular formula is C18H25NO2. The molecule has 3 heterocycles. The molecule has 3 unspecified atom stereocenters. The van der Waals surface area contributed by atoms with Gasteiger partial charge in [-0.05, 0) is 43.4 Å². The Morgan fingerprint density at radius 2 is 2.14 bits per heavy atom. The lowest BCUT2D eigenvalue weighted by Gasteiger charge is -2.40. The van der Waals surface area contributed by atoms with Crippen molar-refractivity contribution in [3.05, 3.63) is 35.4 Å². The van der Waals surface area contributed by atoms with Gasteiger partial charge in [-0.2, -0.15) is 0 Å². The molecule has 0 saturated carbocycles. The summed E-state index contributed by atoms with van der Waals surface area (Å²) in [4.78, 5) is 2.50. The fourth-order valence-electron chi connectivity index (χ4n) is 4.58. The highest BCUT2D eigenvalue weighted by atomic mass is 16.5. The molecule has 4 rings (SSSR count). The standard InChI is InChI=1S/C18H25NO2/c20-18(9-11-19-10-4-3-7-17(18)19)13-16-15-6-2-1-5-14(15)8-12-21-16/h1-2,5-6,16-17,20H,3-4,7-13H2. The molecule has 21 heavy (non-hydrogen) atoms. The smallest absolute Gasteiger partial charge is 0.0855 e. The molecule has 0 amide bonds. The van der Waals surface area contributed by atoms with Crippen LogP contribution in [0.25, 0.3) is 0 Å². The molecule has 3 heteroatoms. The van der Waals surface area contributed by atoms with Crippen molar-refractivity contribution in [2.24, 2.45) is 0 Å². The van der Waals surface area contributed by atoms with E-state index in [9.17, 15) is 5.11 Å². The van der Waals surface area contributed by atoms with E-state index in [-0.39, 0.29) is 6.10 Å². The number of aliphatic hydroxyl groups is 1. The second-order valence-electron chi connectivity index (χ2n) is 6.91. The SMILES string of the molecule is OC1(CC2OCCc3ccccc32)CCN2CCCCC21. The number of ether oxygens (including phenoxy) is 1. The number of hydrogen-bond donors (Lipinski definition) is 1. The number of benzene rings is 1. The maximum Gasteiger partial charge on any atom is 0.0855 e. The molecule has 0 spiro atoms. The van der Waals surface area contributed by atoms with E-state index < -0.39 is 5.60 Å². The minimum absolute atomic E-state index is 0.0711. The molecule has 1 aromatic rings. The van der Waals surface area contributed by atoms with Crippen molar-refractivity contribution >= 4 is 0 Å². The van der Waals surface area contributed by atoms with E-state index in [2.05, 4.69) is 29.2 Å². The van der Waals surface area contributed by atoms with Gasteiger partial charge in [-0.25, -0.2) is 0 Å². The zero-order valence-electron chi connectivity index (χ0n) is 12.6.